The van der Waals surface area contributed by atoms with Crippen molar-refractivity contribution in [2.24, 2.45) is 0 Å². The predicted octanol–water partition coefficient (Wildman–Crippen LogP) is 9.20. The fourth-order valence-electron chi connectivity index (χ4n) is 19.7. The Morgan fingerprint density at radius 1 is 0.190 bits per heavy atom. The van der Waals surface area contributed by atoms with Crippen LogP contribution in [0, 0.1) is 0 Å². The average Bonchev–Trinajstić information content (AvgIpc) is 0.704. The summed E-state index contributed by atoms with van der Waals surface area (Å²) in [7, 11) is 0. The predicted molar refractivity (Wildman–Crippen MR) is 433 cm³/mol. The summed E-state index contributed by atoms with van der Waals surface area (Å²) >= 11 is 0. The van der Waals surface area contributed by atoms with Gasteiger partial charge in [0.15, 0.2) is 93.4 Å². The van der Waals surface area contributed by atoms with Gasteiger partial charge < -0.3 is 172 Å². The quantitative estimate of drug-likeness (QED) is 0.0536. The Kier molecular flexibility index (Phi) is 19.4. The third-order valence-corrected chi connectivity index (χ3v) is 25.4. The van der Waals surface area contributed by atoms with Crippen LogP contribution in [0.1, 0.15) is 172 Å². The van der Waals surface area contributed by atoms with Crippen LogP contribution in [0.3, 0.4) is 0 Å². The first kappa shape index (κ1) is 81.8. The number of phenols is 24. The average molecular weight is 1730 g/mol. The Morgan fingerprint density at radius 2 is 0.444 bits per heavy atom. The van der Waals surface area contributed by atoms with Crippen molar-refractivity contribution in [2.45, 2.75) is 122 Å². The van der Waals surface area contributed by atoms with E-state index in [0.29, 0.717) is 18.2 Å². The topological polar surface area (TPSA) is 644 Å². The second-order valence-electron chi connectivity index (χ2n) is 32.5. The zero-order valence-electron chi connectivity index (χ0n) is 64.9. The summed E-state index contributed by atoms with van der Waals surface area (Å²) < 4.78 is 26.7. The number of phenolic OH excluding ortho intramolecular Hbond substituents is 24. The molecular weight excluding hydrogens is 1650 g/mol. The highest BCUT2D eigenvalue weighted by molar-refractivity contribution is 5.76. The summed E-state index contributed by atoms with van der Waals surface area (Å²) in [4.78, 5) is 0. The van der Waals surface area contributed by atoms with Gasteiger partial charge in [0.1, 0.15) is 116 Å². The summed E-state index contributed by atoms with van der Waals surface area (Å²) in [6, 6.07) is 25.1. The molecule has 0 bridgehead atoms. The van der Waals surface area contributed by atoms with Crippen molar-refractivity contribution < 1.29 is 172 Å². The molecule has 0 amide bonds. The summed E-state index contributed by atoms with van der Waals surface area (Å²) in [5, 5.41) is 361. The van der Waals surface area contributed by atoms with Gasteiger partial charge >= 0.3 is 0 Å². The third kappa shape index (κ3) is 12.8. The molecule has 12 aromatic rings. The Hall–Kier alpha value is -15.2. The van der Waals surface area contributed by atoms with Gasteiger partial charge in [-0.1, -0.05) is 36.4 Å². The molecule has 0 aromatic heterocycles. The maximum atomic E-state index is 13.9. The SMILES string of the molecule is Oc1cc(O)c2c(c1)O[C@H](c1ccc(O)c(O)c1)[C@H](O)[C@H]2c1c(O)cc(O)c2c1O[C@H](c1ccc(O)c(O)c1)[C@H](O)[C@H]2c1c(O)cc(O)c2c1C[C@H](c1ccc(O)c(O)c1)[C@H](O)[C@@H]2c1c(O)cc(O)c2c1O[C@H](c1ccc(O)c(O)c1)[C@H](O)[C@H]2c1c(O)cc(O)c2c1O[C@H](c1ccc(O)c(O)c1)[C@H](O)[C@H]2c1c(O)cc(O)c2c1C[C@H](c1ccc(O)c(O)c1)[C@H](O)C2. The van der Waals surface area contributed by atoms with E-state index in [1.807, 2.05) is 0 Å². The van der Waals surface area contributed by atoms with Gasteiger partial charge in [0, 0.05) is 128 Å². The van der Waals surface area contributed by atoms with Crippen LogP contribution in [-0.2, 0) is 19.3 Å². The summed E-state index contributed by atoms with van der Waals surface area (Å²) in [6.45, 7) is 0. The van der Waals surface area contributed by atoms with Crippen LogP contribution < -0.4 is 18.9 Å². The molecule has 650 valence electrons. The largest absolute Gasteiger partial charge is 0.508 e. The van der Waals surface area contributed by atoms with E-state index in [-0.39, 0.29) is 73.4 Å². The number of fused-ring (bicyclic) bond motifs is 6. The van der Waals surface area contributed by atoms with Crippen LogP contribution in [0.5, 0.6) is 161 Å². The van der Waals surface area contributed by atoms with E-state index in [2.05, 4.69) is 0 Å². The molecule has 0 spiro atoms. The molecule has 34 heteroatoms. The molecule has 0 saturated carbocycles. The minimum atomic E-state index is -2.35. The molecule has 0 saturated heterocycles. The van der Waals surface area contributed by atoms with Gasteiger partial charge in [0.2, 0.25) is 0 Å². The fraction of sp³-hybridized carbons (Fsp3) is 0.217. The maximum Gasteiger partial charge on any atom is 0.157 e. The van der Waals surface area contributed by atoms with Gasteiger partial charge in [-0.25, -0.2) is 0 Å². The molecule has 6 aliphatic rings. The molecule has 4 aliphatic heterocycles. The Morgan fingerprint density at radius 3 is 0.786 bits per heavy atom. The van der Waals surface area contributed by atoms with Crippen molar-refractivity contribution in [2.75, 3.05) is 0 Å². The van der Waals surface area contributed by atoms with E-state index in [9.17, 15) is 153 Å². The van der Waals surface area contributed by atoms with E-state index >= 15 is 0 Å². The summed E-state index contributed by atoms with van der Waals surface area (Å²) in [5.41, 5.74) is -6.72. The molecule has 126 heavy (non-hydrogen) atoms. The highest BCUT2D eigenvalue weighted by Gasteiger charge is 2.56. The van der Waals surface area contributed by atoms with E-state index in [1.54, 1.807) is 0 Å². The van der Waals surface area contributed by atoms with Crippen LogP contribution in [0.25, 0.3) is 0 Å². The molecule has 17 atom stereocenters. The van der Waals surface area contributed by atoms with Crippen molar-refractivity contribution in [1.82, 2.24) is 0 Å². The molecule has 18 rings (SSSR count). The number of hydrogen-bond donors (Lipinski definition) is 30. The monoisotopic (exact) mass is 1730 g/mol. The van der Waals surface area contributed by atoms with E-state index < -0.39 is 315 Å². The summed E-state index contributed by atoms with van der Waals surface area (Å²) in [6.07, 6.45) is -21.6. The van der Waals surface area contributed by atoms with Gasteiger partial charge in [-0.15, -0.1) is 0 Å². The lowest BCUT2D eigenvalue weighted by atomic mass is 9.64. The molecule has 34 nitrogen and oxygen atoms in total. The van der Waals surface area contributed by atoms with Gasteiger partial charge in [-0.2, -0.15) is 0 Å². The number of aliphatic hydroxyl groups excluding tert-OH is 6. The number of rotatable bonds is 11. The van der Waals surface area contributed by atoms with E-state index in [1.165, 1.54) is 30.3 Å². The highest BCUT2D eigenvalue weighted by atomic mass is 16.5. The Labute approximate surface area is 709 Å². The first-order valence-electron chi connectivity index (χ1n) is 39.2. The highest BCUT2D eigenvalue weighted by Crippen LogP contribution is 2.68. The molecule has 0 fully saturated rings. The van der Waals surface area contributed by atoms with Crippen molar-refractivity contribution in [3.05, 3.63) is 257 Å². The molecule has 12 aromatic carbocycles. The second kappa shape index (κ2) is 29.8. The minimum absolute atomic E-state index is 0.00407. The number of aliphatic hydroxyl groups is 6. The lowest BCUT2D eigenvalue weighted by molar-refractivity contribution is -0.00439. The normalized spacial score (nSPS) is 24.5. The molecule has 0 radical (unpaired) electrons. The third-order valence-electron chi connectivity index (χ3n) is 25.4. The first-order chi connectivity index (χ1) is 59.9. The Balaban J connectivity index is 0.896. The smallest absolute Gasteiger partial charge is 0.157 e. The van der Waals surface area contributed by atoms with Gasteiger partial charge in [-0.05, 0) is 130 Å². The molecular formula is C92H78O34. The van der Waals surface area contributed by atoms with Crippen molar-refractivity contribution in [1.29, 1.82) is 0 Å². The number of benzene rings is 12. The molecule has 2 aliphatic carbocycles. The van der Waals surface area contributed by atoms with Crippen LogP contribution in [-0.4, -0.2) is 190 Å². The van der Waals surface area contributed by atoms with Crippen LogP contribution in [0.15, 0.2) is 152 Å². The van der Waals surface area contributed by atoms with Crippen LogP contribution in [0.2, 0.25) is 0 Å². The lowest BCUT2D eigenvalue weighted by Gasteiger charge is -2.45. The standard InChI is InChI=1S/C92H78O34/c93-35-19-55(108)69-65(20-35)123-86(31-3-9-43(96)51(104)15-31)84(121)79(69)73-62(115)27-61(114)72-78(83(120)88(124-91(72)73)33-5-11-45(98)53(106)17-33)68-40-22-37(30-2-8-42(95)50(103)14-30)81(118)76(67(40)57(110)25-58(68)111)70-59(112)26-63(116)74-80(85(122)89(126-90(70)74)34-6-12-46(99)54(107)18-34)75-64(117)28-60(113)71-77(82(119)87(125-92(71)75)32-4-10-44(97)52(105)16-32)66-39-21-36(29-1-7-41(94)49(102)13-29)47(100)23-38(39)48(101)24-56(66)109/h1-20,24-28,36-37,47,76-89,93-122H,21-23H2/t36-,37-,47-,76+,77+,78+,79-,80-,81+,82-,83-,84-,85-,86-,87-,88-,89-/m1/s1. The zero-order valence-corrected chi connectivity index (χ0v) is 64.9. The lowest BCUT2D eigenvalue weighted by Crippen LogP contribution is -2.40. The maximum absolute atomic E-state index is 13.9. The molecule has 0 unspecified atom stereocenters. The zero-order chi connectivity index (χ0) is 89.6. The van der Waals surface area contributed by atoms with E-state index in [0.717, 1.165) is 103 Å². The van der Waals surface area contributed by atoms with Crippen LogP contribution in [0.4, 0.5) is 0 Å². The van der Waals surface area contributed by atoms with Crippen molar-refractivity contribution in [3.63, 3.8) is 0 Å². The number of aromatic hydroxyl groups is 24. The van der Waals surface area contributed by atoms with Crippen LogP contribution >= 0.6 is 0 Å². The Bertz CT molecular complexity index is 6550. The summed E-state index contributed by atoms with van der Waals surface area (Å²) in [5.74, 6) is -35.1. The van der Waals surface area contributed by atoms with Crippen molar-refractivity contribution >= 4 is 0 Å². The number of hydrogen-bond acceptors (Lipinski definition) is 34. The van der Waals surface area contributed by atoms with E-state index in [4.69, 9.17) is 18.9 Å². The van der Waals surface area contributed by atoms with Gasteiger partial charge in [-0.3, -0.25) is 0 Å². The number of ether oxygens (including phenoxy) is 4. The minimum Gasteiger partial charge on any atom is -0.508 e. The molecule has 4 heterocycles. The molecule has 30 N–H and O–H groups in total. The van der Waals surface area contributed by atoms with Gasteiger partial charge in [0.05, 0.1) is 35.9 Å². The second-order valence-corrected chi connectivity index (χ2v) is 32.5. The first-order valence-corrected chi connectivity index (χ1v) is 39.2. The fourth-order valence-corrected chi connectivity index (χ4v) is 19.7. The van der Waals surface area contributed by atoms with Crippen molar-refractivity contribution in [3.8, 4) is 161 Å². The van der Waals surface area contributed by atoms with Gasteiger partial charge in [0.25, 0.3) is 0 Å².